The van der Waals surface area contributed by atoms with E-state index in [1.807, 2.05) is 0 Å². The molecule has 0 aromatic heterocycles. The summed E-state index contributed by atoms with van der Waals surface area (Å²) in [6.45, 7) is -0.503. The lowest BCUT2D eigenvalue weighted by atomic mass is 10.2. The third-order valence-electron chi connectivity index (χ3n) is 3.07. The molecule has 0 unspecified atom stereocenters. The Morgan fingerprint density at radius 1 is 1.00 bits per heavy atom. The van der Waals surface area contributed by atoms with E-state index in [-0.39, 0.29) is 11.3 Å². The Morgan fingerprint density at radius 2 is 1.72 bits per heavy atom. The minimum Gasteiger partial charge on any atom is -0.343 e. The molecule has 132 valence electrons. The number of anilines is 1. The first-order valence-electron chi connectivity index (χ1n) is 7.02. The second-order valence-corrected chi connectivity index (χ2v) is 4.91. The number of nitrogens with one attached hydrogen (secondary N) is 3. The summed E-state index contributed by atoms with van der Waals surface area (Å²) in [5, 5.41) is 2.23. The molecule has 0 aliphatic rings. The Hall–Kier alpha value is -3.10. The van der Waals surface area contributed by atoms with E-state index >= 15 is 0 Å². The fraction of sp³-hybridized carbons (Fsp3) is 0.125. The lowest BCUT2D eigenvalue weighted by Crippen LogP contribution is -2.39. The number of hydrazine groups is 1. The van der Waals surface area contributed by atoms with Crippen molar-refractivity contribution < 1.29 is 27.2 Å². The van der Waals surface area contributed by atoms with Crippen molar-refractivity contribution in [2.75, 3.05) is 12.0 Å². The van der Waals surface area contributed by atoms with Gasteiger partial charge in [-0.25, -0.2) is 4.39 Å². The molecule has 9 heteroatoms. The minimum atomic E-state index is -4.58. The van der Waals surface area contributed by atoms with E-state index < -0.39 is 35.9 Å². The van der Waals surface area contributed by atoms with E-state index in [9.17, 15) is 27.2 Å². The van der Waals surface area contributed by atoms with Crippen LogP contribution >= 0.6 is 0 Å². The molecule has 0 fully saturated rings. The topological polar surface area (TPSA) is 70.2 Å². The molecule has 3 N–H and O–H groups in total. The lowest BCUT2D eigenvalue weighted by Gasteiger charge is -2.15. The van der Waals surface area contributed by atoms with Gasteiger partial charge in [-0.05, 0) is 30.3 Å². The molecular formula is C16H13F4N3O2. The van der Waals surface area contributed by atoms with Crippen LogP contribution in [0.5, 0.6) is 0 Å². The quantitative estimate of drug-likeness (QED) is 0.571. The summed E-state index contributed by atoms with van der Waals surface area (Å²) in [7, 11) is 0. The zero-order valence-electron chi connectivity index (χ0n) is 12.7. The van der Waals surface area contributed by atoms with Crippen LogP contribution < -0.4 is 16.2 Å². The molecule has 25 heavy (non-hydrogen) atoms. The molecule has 0 atom stereocenters. The molecule has 0 aliphatic carbocycles. The SMILES string of the molecule is O=C(CNC(=O)c1cccc(F)c1)NNc1ccccc1C(F)(F)F. The summed E-state index contributed by atoms with van der Waals surface area (Å²) in [6, 6.07) is 9.43. The highest BCUT2D eigenvalue weighted by atomic mass is 19.4. The van der Waals surface area contributed by atoms with Gasteiger partial charge in [-0.15, -0.1) is 0 Å². The third-order valence-corrected chi connectivity index (χ3v) is 3.07. The van der Waals surface area contributed by atoms with Gasteiger partial charge in [0.15, 0.2) is 0 Å². The highest BCUT2D eigenvalue weighted by Gasteiger charge is 2.33. The molecule has 0 bridgehead atoms. The first kappa shape index (κ1) is 18.2. The van der Waals surface area contributed by atoms with E-state index in [4.69, 9.17) is 0 Å². The van der Waals surface area contributed by atoms with Crippen molar-refractivity contribution >= 4 is 17.5 Å². The molecule has 0 heterocycles. The zero-order valence-corrected chi connectivity index (χ0v) is 12.7. The number of para-hydroxylation sites is 1. The fourth-order valence-corrected chi connectivity index (χ4v) is 1.91. The molecule has 0 spiro atoms. The zero-order chi connectivity index (χ0) is 18.4. The van der Waals surface area contributed by atoms with Gasteiger partial charge in [-0.2, -0.15) is 13.2 Å². The van der Waals surface area contributed by atoms with Crippen LogP contribution in [0.15, 0.2) is 48.5 Å². The highest BCUT2D eigenvalue weighted by molar-refractivity contribution is 5.96. The van der Waals surface area contributed by atoms with Crippen LogP contribution in [-0.2, 0) is 11.0 Å². The van der Waals surface area contributed by atoms with Crippen molar-refractivity contribution in [3.05, 3.63) is 65.5 Å². The van der Waals surface area contributed by atoms with E-state index in [0.717, 1.165) is 24.3 Å². The largest absolute Gasteiger partial charge is 0.418 e. The van der Waals surface area contributed by atoms with Crippen LogP contribution in [-0.4, -0.2) is 18.4 Å². The van der Waals surface area contributed by atoms with E-state index in [2.05, 4.69) is 16.2 Å². The maximum absolute atomic E-state index is 13.0. The molecule has 2 aromatic carbocycles. The molecule has 0 saturated heterocycles. The number of amides is 2. The summed E-state index contributed by atoms with van der Waals surface area (Å²) in [4.78, 5) is 23.4. The van der Waals surface area contributed by atoms with Gasteiger partial charge in [0.25, 0.3) is 11.8 Å². The smallest absolute Gasteiger partial charge is 0.343 e. The van der Waals surface area contributed by atoms with Gasteiger partial charge in [-0.3, -0.25) is 20.4 Å². The number of hydrogen-bond acceptors (Lipinski definition) is 3. The standard InChI is InChI=1S/C16H13F4N3O2/c17-11-5-3-4-10(8-11)15(25)21-9-14(24)23-22-13-7-2-1-6-12(13)16(18,19)20/h1-8,22H,9H2,(H,21,25)(H,23,24). The van der Waals surface area contributed by atoms with Crippen LogP contribution in [0.4, 0.5) is 23.2 Å². The monoisotopic (exact) mass is 355 g/mol. The lowest BCUT2D eigenvalue weighted by molar-refractivity contribution is -0.137. The molecule has 5 nitrogen and oxygen atoms in total. The molecule has 2 rings (SSSR count). The molecule has 2 aromatic rings. The summed E-state index contributed by atoms with van der Waals surface area (Å²) >= 11 is 0. The predicted molar refractivity (Wildman–Crippen MR) is 81.9 cm³/mol. The number of alkyl halides is 3. The van der Waals surface area contributed by atoms with E-state index in [1.54, 1.807) is 0 Å². The molecular weight excluding hydrogens is 342 g/mol. The molecule has 0 saturated carbocycles. The summed E-state index contributed by atoms with van der Waals surface area (Å²) in [6.07, 6.45) is -4.58. The van der Waals surface area contributed by atoms with Gasteiger partial charge in [0, 0.05) is 5.56 Å². The van der Waals surface area contributed by atoms with Gasteiger partial charge < -0.3 is 5.32 Å². The van der Waals surface area contributed by atoms with Crippen LogP contribution in [0, 0.1) is 5.82 Å². The van der Waals surface area contributed by atoms with Crippen molar-refractivity contribution in [3.63, 3.8) is 0 Å². The van der Waals surface area contributed by atoms with Crippen LogP contribution in [0.2, 0.25) is 0 Å². The minimum absolute atomic E-state index is 0.0168. The number of carbonyl (C=O) groups excluding carboxylic acids is 2. The Labute approximate surface area is 140 Å². The molecule has 2 amide bonds. The van der Waals surface area contributed by atoms with Crippen LogP contribution in [0.3, 0.4) is 0 Å². The van der Waals surface area contributed by atoms with Crippen LogP contribution in [0.25, 0.3) is 0 Å². The number of benzene rings is 2. The van der Waals surface area contributed by atoms with E-state index in [0.29, 0.717) is 0 Å². The van der Waals surface area contributed by atoms with Gasteiger partial charge in [0.05, 0.1) is 17.8 Å². The first-order chi connectivity index (χ1) is 11.8. The van der Waals surface area contributed by atoms with Crippen molar-refractivity contribution in [3.8, 4) is 0 Å². The first-order valence-corrected chi connectivity index (χ1v) is 7.02. The summed E-state index contributed by atoms with van der Waals surface area (Å²) in [5.74, 6) is -2.07. The normalized spacial score (nSPS) is 10.9. The van der Waals surface area contributed by atoms with Crippen molar-refractivity contribution in [1.82, 2.24) is 10.7 Å². The maximum atomic E-state index is 13.0. The number of halogens is 4. The second kappa shape index (κ2) is 7.65. The maximum Gasteiger partial charge on any atom is 0.418 e. The van der Waals surface area contributed by atoms with Crippen molar-refractivity contribution in [2.45, 2.75) is 6.18 Å². The van der Waals surface area contributed by atoms with E-state index in [1.165, 1.54) is 24.3 Å². The van der Waals surface area contributed by atoms with Gasteiger partial charge >= 0.3 is 6.18 Å². The summed E-state index contributed by atoms with van der Waals surface area (Å²) in [5.41, 5.74) is 2.95. The van der Waals surface area contributed by atoms with Gasteiger partial charge in [0.1, 0.15) is 5.82 Å². The molecule has 0 radical (unpaired) electrons. The predicted octanol–water partition coefficient (Wildman–Crippen LogP) is 2.72. The summed E-state index contributed by atoms with van der Waals surface area (Å²) < 4.78 is 51.4. The fourth-order valence-electron chi connectivity index (χ4n) is 1.91. The second-order valence-electron chi connectivity index (χ2n) is 4.91. The highest BCUT2D eigenvalue weighted by Crippen LogP contribution is 2.34. The Kier molecular flexibility index (Phi) is 5.58. The Balaban J connectivity index is 1.89. The van der Waals surface area contributed by atoms with Crippen molar-refractivity contribution in [2.24, 2.45) is 0 Å². The third kappa shape index (κ3) is 5.20. The van der Waals surface area contributed by atoms with Gasteiger partial charge in [0.2, 0.25) is 0 Å². The van der Waals surface area contributed by atoms with Crippen molar-refractivity contribution in [1.29, 1.82) is 0 Å². The number of rotatable bonds is 5. The average Bonchev–Trinajstić information content (AvgIpc) is 2.57. The Bertz CT molecular complexity index is 778. The average molecular weight is 355 g/mol. The molecule has 0 aliphatic heterocycles. The number of hydrogen-bond donors (Lipinski definition) is 3. The number of carbonyl (C=O) groups is 2. The van der Waals surface area contributed by atoms with Gasteiger partial charge in [-0.1, -0.05) is 18.2 Å². The Morgan fingerprint density at radius 3 is 2.40 bits per heavy atom. The van der Waals surface area contributed by atoms with Crippen LogP contribution in [0.1, 0.15) is 15.9 Å².